The number of rotatable bonds is 4. The van der Waals surface area contributed by atoms with Crippen molar-refractivity contribution in [2.24, 2.45) is 0 Å². The van der Waals surface area contributed by atoms with Crippen molar-refractivity contribution in [2.45, 2.75) is 20.4 Å². The zero-order chi connectivity index (χ0) is 20.4. The summed E-state index contributed by atoms with van der Waals surface area (Å²) in [6.07, 6.45) is 0. The highest BCUT2D eigenvalue weighted by Crippen LogP contribution is 2.34. The smallest absolute Gasteiger partial charge is 0.265 e. The lowest BCUT2D eigenvalue weighted by Crippen LogP contribution is -2.38. The fourth-order valence-electron chi connectivity index (χ4n) is 3.36. The van der Waals surface area contributed by atoms with Gasteiger partial charge < -0.3 is 15.0 Å². The van der Waals surface area contributed by atoms with Crippen LogP contribution in [0.4, 0.5) is 11.4 Å². The maximum Gasteiger partial charge on any atom is 0.265 e. The summed E-state index contributed by atoms with van der Waals surface area (Å²) in [5, 5.41) is 2.97. The first-order chi connectivity index (χ1) is 14.0. The molecule has 1 heterocycles. The Morgan fingerprint density at radius 2 is 1.83 bits per heavy atom. The van der Waals surface area contributed by atoms with E-state index in [2.05, 4.69) is 5.32 Å². The number of aryl methyl sites for hydroxylation is 1. The Morgan fingerprint density at radius 1 is 1.03 bits per heavy atom. The number of hydrogen-bond donors (Lipinski definition) is 1. The Balaban J connectivity index is 1.63. The van der Waals surface area contributed by atoms with Crippen LogP contribution in [0.1, 0.15) is 27.0 Å². The Kier molecular flexibility index (Phi) is 5.04. The highest BCUT2D eigenvalue weighted by atomic mass is 16.5. The molecule has 5 nitrogen and oxygen atoms in total. The Hall–Kier alpha value is -3.60. The van der Waals surface area contributed by atoms with E-state index in [4.69, 9.17) is 4.74 Å². The van der Waals surface area contributed by atoms with Crippen LogP contribution in [0.2, 0.25) is 0 Å². The van der Waals surface area contributed by atoms with Gasteiger partial charge in [-0.2, -0.15) is 0 Å². The normalized spacial score (nSPS) is 12.9. The lowest BCUT2D eigenvalue weighted by molar-refractivity contribution is -0.121. The lowest BCUT2D eigenvalue weighted by atomic mass is 10.1. The zero-order valence-electron chi connectivity index (χ0n) is 16.4. The molecule has 0 aromatic heterocycles. The number of carbonyl (C=O) groups is 2. The Morgan fingerprint density at radius 3 is 2.62 bits per heavy atom. The van der Waals surface area contributed by atoms with Gasteiger partial charge in [0.1, 0.15) is 5.75 Å². The van der Waals surface area contributed by atoms with E-state index >= 15 is 0 Å². The molecule has 0 unspecified atom stereocenters. The lowest BCUT2D eigenvalue weighted by Gasteiger charge is -2.30. The zero-order valence-corrected chi connectivity index (χ0v) is 16.4. The number of amides is 2. The topological polar surface area (TPSA) is 58.6 Å². The fraction of sp³-hybridized carbons (Fsp3) is 0.167. The molecule has 2 amide bonds. The molecule has 3 aromatic carbocycles. The monoisotopic (exact) mass is 386 g/mol. The fourth-order valence-corrected chi connectivity index (χ4v) is 3.36. The van der Waals surface area contributed by atoms with Gasteiger partial charge in [-0.3, -0.25) is 9.59 Å². The van der Waals surface area contributed by atoms with Crippen LogP contribution in [-0.4, -0.2) is 18.4 Å². The van der Waals surface area contributed by atoms with E-state index < -0.39 is 0 Å². The number of fused-ring (bicyclic) bond motifs is 1. The minimum absolute atomic E-state index is 0.00609. The third kappa shape index (κ3) is 3.85. The average Bonchev–Trinajstić information content (AvgIpc) is 2.74. The first-order valence-corrected chi connectivity index (χ1v) is 9.51. The molecule has 0 atom stereocenters. The third-order valence-corrected chi connectivity index (χ3v) is 5.20. The summed E-state index contributed by atoms with van der Waals surface area (Å²) in [6.45, 7) is 4.41. The van der Waals surface area contributed by atoms with Crippen LogP contribution in [0.3, 0.4) is 0 Å². The molecule has 0 saturated heterocycles. The van der Waals surface area contributed by atoms with Gasteiger partial charge in [-0.05, 0) is 54.8 Å². The predicted octanol–water partition coefficient (Wildman–Crippen LogP) is 4.48. The summed E-state index contributed by atoms with van der Waals surface area (Å²) in [4.78, 5) is 27.0. The van der Waals surface area contributed by atoms with Crippen LogP contribution in [-0.2, 0) is 11.3 Å². The molecule has 1 aliphatic heterocycles. The van der Waals surface area contributed by atoms with E-state index in [9.17, 15) is 9.59 Å². The van der Waals surface area contributed by atoms with Gasteiger partial charge in [-0.25, -0.2) is 0 Å². The van der Waals surface area contributed by atoms with Crippen molar-refractivity contribution >= 4 is 23.2 Å². The Labute approximate surface area is 169 Å². The number of ether oxygens (including phenoxy) is 1. The molecule has 0 saturated carbocycles. The maximum atomic E-state index is 12.9. The number of carbonyl (C=O) groups excluding carboxylic acids is 2. The summed E-state index contributed by atoms with van der Waals surface area (Å²) >= 11 is 0. The predicted molar refractivity (Wildman–Crippen MR) is 113 cm³/mol. The molecule has 29 heavy (non-hydrogen) atoms. The van der Waals surface area contributed by atoms with Gasteiger partial charge in [-0.15, -0.1) is 0 Å². The second-order valence-corrected chi connectivity index (χ2v) is 7.14. The molecule has 0 spiro atoms. The summed E-state index contributed by atoms with van der Waals surface area (Å²) in [5.41, 5.74) is 5.02. The van der Waals surface area contributed by atoms with Crippen LogP contribution < -0.4 is 15.0 Å². The largest absolute Gasteiger partial charge is 0.482 e. The van der Waals surface area contributed by atoms with Gasteiger partial charge in [-0.1, -0.05) is 42.5 Å². The summed E-state index contributed by atoms with van der Waals surface area (Å²) in [5.74, 6) is 0.247. The van der Waals surface area contributed by atoms with E-state index in [-0.39, 0.29) is 18.4 Å². The molecule has 5 heteroatoms. The van der Waals surface area contributed by atoms with Crippen molar-refractivity contribution < 1.29 is 14.3 Å². The summed E-state index contributed by atoms with van der Waals surface area (Å²) < 4.78 is 5.57. The van der Waals surface area contributed by atoms with Crippen LogP contribution in [0.25, 0.3) is 0 Å². The average molecular weight is 386 g/mol. The molecule has 1 aliphatic rings. The van der Waals surface area contributed by atoms with Crippen molar-refractivity contribution in [3.05, 3.63) is 89.0 Å². The highest BCUT2D eigenvalue weighted by molar-refractivity contribution is 6.07. The van der Waals surface area contributed by atoms with E-state index in [1.165, 1.54) is 0 Å². The minimum Gasteiger partial charge on any atom is -0.482 e. The molecular weight excluding hydrogens is 364 g/mol. The highest BCUT2D eigenvalue weighted by Gasteiger charge is 2.26. The molecule has 0 aliphatic carbocycles. The number of nitrogens with one attached hydrogen (secondary N) is 1. The van der Waals surface area contributed by atoms with Gasteiger partial charge in [0.05, 0.1) is 12.2 Å². The molecule has 4 rings (SSSR count). The minimum atomic E-state index is -0.223. The van der Waals surface area contributed by atoms with E-state index in [1.54, 1.807) is 23.1 Å². The third-order valence-electron chi connectivity index (χ3n) is 5.20. The van der Waals surface area contributed by atoms with Crippen LogP contribution in [0.5, 0.6) is 5.75 Å². The van der Waals surface area contributed by atoms with Gasteiger partial charge in [0.15, 0.2) is 6.61 Å². The molecule has 0 fully saturated rings. The van der Waals surface area contributed by atoms with Crippen molar-refractivity contribution in [2.75, 3.05) is 16.8 Å². The molecule has 146 valence electrons. The number of benzene rings is 3. The first kappa shape index (κ1) is 18.7. The van der Waals surface area contributed by atoms with Crippen LogP contribution in [0.15, 0.2) is 66.7 Å². The molecule has 3 aromatic rings. The SMILES string of the molecule is Cc1cccc(NC(=O)c2ccc3c(c2)N(Cc2ccccc2)C(=O)CO3)c1C. The standard InChI is InChI=1S/C24H22N2O3/c1-16-7-6-10-20(17(16)2)25-24(28)19-11-12-22-21(13-19)26(23(27)15-29-22)14-18-8-4-3-5-9-18/h3-13H,14-15H2,1-2H3,(H,25,28). The maximum absolute atomic E-state index is 12.9. The second-order valence-electron chi connectivity index (χ2n) is 7.14. The quantitative estimate of drug-likeness (QED) is 0.719. The van der Waals surface area contributed by atoms with Gasteiger partial charge >= 0.3 is 0 Å². The molecule has 0 bridgehead atoms. The summed E-state index contributed by atoms with van der Waals surface area (Å²) in [7, 11) is 0. The van der Waals surface area contributed by atoms with E-state index in [0.29, 0.717) is 23.5 Å². The van der Waals surface area contributed by atoms with Gasteiger partial charge in [0, 0.05) is 11.3 Å². The number of anilines is 2. The van der Waals surface area contributed by atoms with Crippen molar-refractivity contribution in [3.63, 3.8) is 0 Å². The van der Waals surface area contributed by atoms with Gasteiger partial charge in [0.2, 0.25) is 0 Å². The molecular formula is C24H22N2O3. The van der Waals surface area contributed by atoms with Gasteiger partial charge in [0.25, 0.3) is 11.8 Å². The van der Waals surface area contributed by atoms with E-state index in [0.717, 1.165) is 22.4 Å². The van der Waals surface area contributed by atoms with Crippen molar-refractivity contribution in [1.82, 2.24) is 0 Å². The van der Waals surface area contributed by atoms with Crippen molar-refractivity contribution in [1.29, 1.82) is 0 Å². The first-order valence-electron chi connectivity index (χ1n) is 9.51. The Bertz CT molecular complexity index is 1080. The number of nitrogens with zero attached hydrogens (tertiary/aromatic N) is 1. The van der Waals surface area contributed by atoms with E-state index in [1.807, 2.05) is 62.4 Å². The summed E-state index contributed by atoms with van der Waals surface area (Å²) in [6, 6.07) is 20.8. The van der Waals surface area contributed by atoms with Crippen LogP contribution in [0, 0.1) is 13.8 Å². The second kappa shape index (κ2) is 7.80. The number of hydrogen-bond acceptors (Lipinski definition) is 3. The molecule has 1 N–H and O–H groups in total. The van der Waals surface area contributed by atoms with Crippen LogP contribution >= 0.6 is 0 Å². The van der Waals surface area contributed by atoms with Crippen molar-refractivity contribution in [3.8, 4) is 5.75 Å². The molecule has 0 radical (unpaired) electrons.